The molecule has 1 amide bonds. The number of carbonyl (C=O) groups is 1. The Labute approximate surface area is 122 Å². The standard InChI is InChI=1S/C16H17N3O2/c1-10-14(11(2)21-18-10)9-16(20)17-13-5-4-12-6-7-19(3)15(12)8-13/h4-8H,9H2,1-3H3,(H,17,20). The van der Waals surface area contributed by atoms with Gasteiger partial charge in [0, 0.05) is 30.0 Å². The summed E-state index contributed by atoms with van der Waals surface area (Å²) in [6.45, 7) is 3.66. The highest BCUT2D eigenvalue weighted by Crippen LogP contribution is 2.20. The summed E-state index contributed by atoms with van der Waals surface area (Å²) in [4.78, 5) is 12.2. The molecule has 0 bridgehead atoms. The van der Waals surface area contributed by atoms with Crippen LogP contribution in [0.3, 0.4) is 0 Å². The predicted molar refractivity (Wildman–Crippen MR) is 81.2 cm³/mol. The van der Waals surface area contributed by atoms with E-state index in [-0.39, 0.29) is 12.3 Å². The maximum atomic E-state index is 12.2. The second-order valence-corrected chi connectivity index (χ2v) is 5.23. The molecule has 1 aromatic carbocycles. The van der Waals surface area contributed by atoms with E-state index in [0.29, 0.717) is 5.76 Å². The van der Waals surface area contributed by atoms with Crippen molar-refractivity contribution in [3.63, 3.8) is 0 Å². The number of aryl methyl sites for hydroxylation is 3. The first kappa shape index (κ1) is 13.4. The average molecular weight is 283 g/mol. The van der Waals surface area contributed by atoms with E-state index in [1.807, 2.05) is 55.9 Å². The smallest absolute Gasteiger partial charge is 0.229 e. The van der Waals surface area contributed by atoms with E-state index in [0.717, 1.165) is 27.8 Å². The second kappa shape index (κ2) is 5.09. The zero-order chi connectivity index (χ0) is 15.0. The third-order valence-corrected chi connectivity index (χ3v) is 3.69. The average Bonchev–Trinajstić information content (AvgIpc) is 2.97. The van der Waals surface area contributed by atoms with E-state index in [9.17, 15) is 4.79 Å². The minimum atomic E-state index is -0.0713. The molecule has 0 unspecified atom stereocenters. The monoisotopic (exact) mass is 283 g/mol. The van der Waals surface area contributed by atoms with Crippen LogP contribution >= 0.6 is 0 Å². The lowest BCUT2D eigenvalue weighted by molar-refractivity contribution is -0.115. The van der Waals surface area contributed by atoms with E-state index in [4.69, 9.17) is 4.52 Å². The summed E-state index contributed by atoms with van der Waals surface area (Å²) in [5, 5.41) is 7.94. The number of hydrogen-bond donors (Lipinski definition) is 1. The molecule has 0 fully saturated rings. The van der Waals surface area contributed by atoms with Crippen molar-refractivity contribution in [3.8, 4) is 0 Å². The molecule has 0 aliphatic carbocycles. The van der Waals surface area contributed by atoms with Gasteiger partial charge in [-0.2, -0.15) is 0 Å². The molecule has 0 saturated carbocycles. The Morgan fingerprint density at radius 1 is 1.33 bits per heavy atom. The molecule has 2 heterocycles. The molecule has 2 aromatic heterocycles. The van der Waals surface area contributed by atoms with Gasteiger partial charge in [-0.3, -0.25) is 4.79 Å². The minimum Gasteiger partial charge on any atom is -0.361 e. The van der Waals surface area contributed by atoms with E-state index in [1.54, 1.807) is 0 Å². The Morgan fingerprint density at radius 3 is 2.86 bits per heavy atom. The van der Waals surface area contributed by atoms with Crippen LogP contribution in [0.2, 0.25) is 0 Å². The molecule has 5 heteroatoms. The van der Waals surface area contributed by atoms with Gasteiger partial charge in [0.05, 0.1) is 12.1 Å². The number of carbonyl (C=O) groups excluding carboxylic acids is 1. The molecular weight excluding hydrogens is 266 g/mol. The Balaban J connectivity index is 1.78. The zero-order valence-electron chi connectivity index (χ0n) is 12.3. The number of fused-ring (bicyclic) bond motifs is 1. The summed E-state index contributed by atoms with van der Waals surface area (Å²) in [6.07, 6.45) is 2.27. The fraction of sp³-hybridized carbons (Fsp3) is 0.250. The molecule has 0 radical (unpaired) electrons. The van der Waals surface area contributed by atoms with Crippen molar-refractivity contribution >= 4 is 22.5 Å². The fourth-order valence-electron chi connectivity index (χ4n) is 2.46. The van der Waals surface area contributed by atoms with Crippen LogP contribution < -0.4 is 5.32 Å². The van der Waals surface area contributed by atoms with Gasteiger partial charge in [-0.1, -0.05) is 11.2 Å². The van der Waals surface area contributed by atoms with Gasteiger partial charge in [0.25, 0.3) is 0 Å². The maximum absolute atomic E-state index is 12.2. The first-order valence-electron chi connectivity index (χ1n) is 6.81. The van der Waals surface area contributed by atoms with Crippen molar-refractivity contribution in [1.29, 1.82) is 0 Å². The lowest BCUT2D eigenvalue weighted by Crippen LogP contribution is -2.15. The summed E-state index contributed by atoms with van der Waals surface area (Å²) >= 11 is 0. The maximum Gasteiger partial charge on any atom is 0.229 e. The molecule has 5 nitrogen and oxygen atoms in total. The molecule has 21 heavy (non-hydrogen) atoms. The van der Waals surface area contributed by atoms with Crippen molar-refractivity contribution in [1.82, 2.24) is 9.72 Å². The van der Waals surface area contributed by atoms with Gasteiger partial charge in [0.1, 0.15) is 5.76 Å². The van der Waals surface area contributed by atoms with Crippen LogP contribution in [0.25, 0.3) is 10.9 Å². The zero-order valence-corrected chi connectivity index (χ0v) is 12.3. The summed E-state index contributed by atoms with van der Waals surface area (Å²) in [7, 11) is 1.98. The molecule has 1 N–H and O–H groups in total. The van der Waals surface area contributed by atoms with E-state index in [1.165, 1.54) is 0 Å². The highest BCUT2D eigenvalue weighted by atomic mass is 16.5. The predicted octanol–water partition coefficient (Wildman–Crippen LogP) is 2.96. The number of anilines is 1. The van der Waals surface area contributed by atoms with E-state index in [2.05, 4.69) is 10.5 Å². The van der Waals surface area contributed by atoms with Crippen molar-refractivity contribution < 1.29 is 9.32 Å². The van der Waals surface area contributed by atoms with Gasteiger partial charge in [0.15, 0.2) is 0 Å². The van der Waals surface area contributed by atoms with Crippen molar-refractivity contribution in [2.45, 2.75) is 20.3 Å². The Kier molecular flexibility index (Phi) is 3.25. The molecular formula is C16H17N3O2. The Morgan fingerprint density at radius 2 is 2.14 bits per heavy atom. The highest BCUT2D eigenvalue weighted by molar-refractivity contribution is 5.95. The van der Waals surface area contributed by atoms with Gasteiger partial charge >= 0.3 is 0 Å². The first-order chi connectivity index (χ1) is 10.0. The molecule has 0 saturated heterocycles. The van der Waals surface area contributed by atoms with Gasteiger partial charge < -0.3 is 14.4 Å². The number of aromatic nitrogens is 2. The summed E-state index contributed by atoms with van der Waals surface area (Å²) < 4.78 is 7.10. The number of hydrogen-bond acceptors (Lipinski definition) is 3. The minimum absolute atomic E-state index is 0.0713. The summed E-state index contributed by atoms with van der Waals surface area (Å²) in [6, 6.07) is 7.93. The summed E-state index contributed by atoms with van der Waals surface area (Å²) in [5.41, 5.74) is 3.50. The molecule has 0 spiro atoms. The number of nitrogens with zero attached hydrogens (tertiary/aromatic N) is 2. The van der Waals surface area contributed by atoms with Gasteiger partial charge in [-0.15, -0.1) is 0 Å². The molecule has 3 rings (SSSR count). The number of rotatable bonds is 3. The quantitative estimate of drug-likeness (QED) is 0.804. The van der Waals surface area contributed by atoms with Crippen LogP contribution in [0.5, 0.6) is 0 Å². The topological polar surface area (TPSA) is 60.1 Å². The molecule has 0 aliphatic rings. The van der Waals surface area contributed by atoms with E-state index < -0.39 is 0 Å². The van der Waals surface area contributed by atoms with Crippen molar-refractivity contribution in [2.75, 3.05) is 5.32 Å². The third-order valence-electron chi connectivity index (χ3n) is 3.69. The van der Waals surface area contributed by atoms with Crippen LogP contribution in [-0.4, -0.2) is 15.6 Å². The third kappa shape index (κ3) is 2.54. The summed E-state index contributed by atoms with van der Waals surface area (Å²) in [5.74, 6) is 0.624. The van der Waals surface area contributed by atoms with Crippen LogP contribution in [0.4, 0.5) is 5.69 Å². The van der Waals surface area contributed by atoms with Gasteiger partial charge in [-0.25, -0.2) is 0 Å². The van der Waals surface area contributed by atoms with Gasteiger partial charge in [0.2, 0.25) is 5.91 Å². The molecule has 3 aromatic rings. The largest absolute Gasteiger partial charge is 0.361 e. The SMILES string of the molecule is Cc1noc(C)c1CC(=O)Nc1ccc2ccn(C)c2c1. The molecule has 0 aliphatic heterocycles. The van der Waals surface area contributed by atoms with Crippen molar-refractivity contribution in [2.24, 2.45) is 7.05 Å². The molecule has 108 valence electrons. The van der Waals surface area contributed by atoms with Crippen LogP contribution in [0.15, 0.2) is 35.0 Å². The van der Waals surface area contributed by atoms with Crippen LogP contribution in [0.1, 0.15) is 17.0 Å². The lowest BCUT2D eigenvalue weighted by atomic mass is 10.1. The van der Waals surface area contributed by atoms with Crippen LogP contribution in [0, 0.1) is 13.8 Å². The number of benzene rings is 1. The number of nitrogens with one attached hydrogen (secondary N) is 1. The highest BCUT2D eigenvalue weighted by Gasteiger charge is 2.13. The second-order valence-electron chi connectivity index (χ2n) is 5.23. The van der Waals surface area contributed by atoms with Crippen LogP contribution in [-0.2, 0) is 18.3 Å². The fourth-order valence-corrected chi connectivity index (χ4v) is 2.46. The number of amides is 1. The van der Waals surface area contributed by atoms with Crippen molar-refractivity contribution in [3.05, 3.63) is 47.5 Å². The molecule has 0 atom stereocenters. The van der Waals surface area contributed by atoms with Gasteiger partial charge in [-0.05, 0) is 37.4 Å². The Bertz CT molecular complexity index is 795. The first-order valence-corrected chi connectivity index (χ1v) is 6.81. The Hall–Kier alpha value is -2.56. The normalized spacial score (nSPS) is 11.0. The van der Waals surface area contributed by atoms with E-state index >= 15 is 0 Å². The lowest BCUT2D eigenvalue weighted by Gasteiger charge is -2.06.